The predicted molar refractivity (Wildman–Crippen MR) is 83.4 cm³/mol. The van der Waals surface area contributed by atoms with Crippen LogP contribution in [0.1, 0.15) is 0 Å². The van der Waals surface area contributed by atoms with E-state index in [9.17, 15) is 0 Å². The van der Waals surface area contributed by atoms with E-state index in [4.69, 9.17) is 22.9 Å². The van der Waals surface area contributed by atoms with Gasteiger partial charge in [-0.2, -0.15) is 0 Å². The molecule has 1 aliphatic rings. The van der Waals surface area contributed by atoms with Crippen LogP contribution in [-0.4, -0.2) is 76.5 Å². The summed E-state index contributed by atoms with van der Waals surface area (Å²) in [5.74, 6) is 0. The number of hydrogen-bond donors (Lipinski definition) is 8. The van der Waals surface area contributed by atoms with Crippen molar-refractivity contribution in [2.75, 3.05) is 65.4 Å². The molecule has 0 aromatic heterocycles. The van der Waals surface area contributed by atoms with Gasteiger partial charge in [0.15, 0.2) is 0 Å². The lowest BCUT2D eigenvalue weighted by molar-refractivity contribution is 0.350. The van der Waals surface area contributed by atoms with E-state index >= 15 is 0 Å². The van der Waals surface area contributed by atoms with Gasteiger partial charge in [-0.15, -0.1) is 0 Å². The van der Waals surface area contributed by atoms with Crippen LogP contribution >= 0.6 is 0 Å². The van der Waals surface area contributed by atoms with Crippen molar-refractivity contribution < 1.29 is 0 Å². The largest absolute Gasteiger partial charge is 0.329 e. The zero-order valence-electron chi connectivity index (χ0n) is 12.4. The van der Waals surface area contributed by atoms with Gasteiger partial charge in [0, 0.05) is 65.4 Å². The molecule has 0 amide bonds. The third kappa shape index (κ3) is 6.42. The van der Waals surface area contributed by atoms with Crippen LogP contribution in [-0.2, 0) is 0 Å². The molecular formula is C12H32N8. The van der Waals surface area contributed by atoms with Crippen LogP contribution < -0.4 is 44.2 Å². The molecule has 0 spiro atoms. The predicted octanol–water partition coefficient (Wildman–Crippen LogP) is -4.33. The summed E-state index contributed by atoms with van der Waals surface area (Å²) in [5.41, 5.74) is 23.2. The Hall–Kier alpha value is -0.320. The van der Waals surface area contributed by atoms with E-state index in [1.165, 1.54) is 0 Å². The summed E-state index contributed by atoms with van der Waals surface area (Å²) >= 11 is 0. The Bertz CT molecular complexity index is 218. The van der Waals surface area contributed by atoms with Crippen molar-refractivity contribution in [3.05, 3.63) is 0 Å². The number of nitrogens with one attached hydrogen (secondary N) is 4. The van der Waals surface area contributed by atoms with E-state index in [2.05, 4.69) is 21.3 Å². The first-order valence-electron chi connectivity index (χ1n) is 7.34. The van der Waals surface area contributed by atoms with Crippen LogP contribution in [0, 0.1) is 0 Å². The highest BCUT2D eigenvalue weighted by molar-refractivity contribution is 4.92. The SMILES string of the molecule is NCC1(N)CNCCNCC(N)(CN)CNCCNC1. The summed E-state index contributed by atoms with van der Waals surface area (Å²) in [5, 5.41) is 13.3. The Morgan fingerprint density at radius 2 is 0.850 bits per heavy atom. The maximum Gasteiger partial charge on any atom is 0.0531 e. The molecule has 1 fully saturated rings. The maximum absolute atomic E-state index is 6.25. The molecule has 120 valence electrons. The van der Waals surface area contributed by atoms with Gasteiger partial charge in [0.2, 0.25) is 0 Å². The molecule has 0 atom stereocenters. The fraction of sp³-hybridized carbons (Fsp3) is 1.00. The van der Waals surface area contributed by atoms with Gasteiger partial charge in [-0.25, -0.2) is 0 Å². The van der Waals surface area contributed by atoms with Crippen molar-refractivity contribution in [1.29, 1.82) is 0 Å². The Morgan fingerprint density at radius 3 is 1.05 bits per heavy atom. The van der Waals surface area contributed by atoms with Gasteiger partial charge in [0.05, 0.1) is 11.1 Å². The molecule has 0 aliphatic carbocycles. The fourth-order valence-corrected chi connectivity index (χ4v) is 2.12. The molecule has 0 saturated carbocycles. The van der Waals surface area contributed by atoms with Gasteiger partial charge < -0.3 is 44.2 Å². The van der Waals surface area contributed by atoms with E-state index in [1.54, 1.807) is 0 Å². The van der Waals surface area contributed by atoms with E-state index < -0.39 is 11.1 Å². The summed E-state index contributed by atoms with van der Waals surface area (Å²) in [4.78, 5) is 0. The highest BCUT2D eigenvalue weighted by atomic mass is 15.1. The van der Waals surface area contributed by atoms with Crippen molar-refractivity contribution in [1.82, 2.24) is 21.3 Å². The van der Waals surface area contributed by atoms with E-state index in [-0.39, 0.29) is 0 Å². The molecule has 8 nitrogen and oxygen atoms in total. The molecule has 0 aromatic carbocycles. The minimum absolute atomic E-state index is 0.404. The van der Waals surface area contributed by atoms with E-state index in [0.717, 1.165) is 26.2 Å². The van der Waals surface area contributed by atoms with Crippen LogP contribution in [0.25, 0.3) is 0 Å². The summed E-state index contributed by atoms with van der Waals surface area (Å²) in [6.07, 6.45) is 0. The average Bonchev–Trinajstić information content (AvgIpc) is 2.46. The monoisotopic (exact) mass is 288 g/mol. The lowest BCUT2D eigenvalue weighted by Crippen LogP contribution is -2.63. The minimum atomic E-state index is -0.404. The van der Waals surface area contributed by atoms with Crippen molar-refractivity contribution in [2.24, 2.45) is 22.9 Å². The van der Waals surface area contributed by atoms with Gasteiger partial charge in [-0.05, 0) is 0 Å². The normalized spacial score (nSPS) is 35.4. The van der Waals surface area contributed by atoms with Crippen LogP contribution in [0.15, 0.2) is 0 Å². The van der Waals surface area contributed by atoms with Gasteiger partial charge >= 0.3 is 0 Å². The number of nitrogens with two attached hydrogens (primary N) is 4. The van der Waals surface area contributed by atoms with Gasteiger partial charge in [0.25, 0.3) is 0 Å². The lowest BCUT2D eigenvalue weighted by atomic mass is 10.0. The first-order chi connectivity index (χ1) is 9.54. The Morgan fingerprint density at radius 1 is 0.600 bits per heavy atom. The Balaban J connectivity index is 2.45. The van der Waals surface area contributed by atoms with Crippen LogP contribution in [0.2, 0.25) is 0 Å². The highest BCUT2D eigenvalue weighted by Gasteiger charge is 2.24. The van der Waals surface area contributed by atoms with E-state index in [1.807, 2.05) is 0 Å². The van der Waals surface area contributed by atoms with Crippen LogP contribution in [0.5, 0.6) is 0 Å². The molecule has 0 bridgehead atoms. The lowest BCUT2D eigenvalue weighted by Gasteiger charge is -2.31. The Kier molecular flexibility index (Phi) is 7.85. The average molecular weight is 288 g/mol. The van der Waals surface area contributed by atoms with Gasteiger partial charge in [-0.3, -0.25) is 0 Å². The van der Waals surface area contributed by atoms with Crippen LogP contribution in [0.4, 0.5) is 0 Å². The molecule has 1 saturated heterocycles. The summed E-state index contributed by atoms with van der Waals surface area (Å²) in [6, 6.07) is 0. The second-order valence-electron chi connectivity index (χ2n) is 5.84. The molecule has 20 heavy (non-hydrogen) atoms. The summed E-state index contributed by atoms with van der Waals surface area (Å²) in [7, 11) is 0. The summed E-state index contributed by atoms with van der Waals surface area (Å²) in [6.45, 7) is 6.97. The maximum atomic E-state index is 6.25. The molecular weight excluding hydrogens is 256 g/mol. The van der Waals surface area contributed by atoms with Gasteiger partial charge in [-0.1, -0.05) is 0 Å². The van der Waals surface area contributed by atoms with Gasteiger partial charge in [0.1, 0.15) is 0 Å². The van der Waals surface area contributed by atoms with Crippen molar-refractivity contribution in [2.45, 2.75) is 11.1 Å². The zero-order chi connectivity index (χ0) is 14.9. The molecule has 1 heterocycles. The zero-order valence-corrected chi connectivity index (χ0v) is 12.4. The second-order valence-corrected chi connectivity index (χ2v) is 5.84. The third-order valence-electron chi connectivity index (χ3n) is 3.68. The topological polar surface area (TPSA) is 152 Å². The Labute approximate surface area is 121 Å². The van der Waals surface area contributed by atoms with Crippen LogP contribution in [0.3, 0.4) is 0 Å². The third-order valence-corrected chi connectivity index (χ3v) is 3.68. The minimum Gasteiger partial charge on any atom is -0.329 e. The number of rotatable bonds is 2. The first kappa shape index (κ1) is 17.7. The highest BCUT2D eigenvalue weighted by Crippen LogP contribution is 1.96. The molecule has 0 aromatic rings. The fourth-order valence-electron chi connectivity index (χ4n) is 2.12. The number of hydrogen-bond acceptors (Lipinski definition) is 8. The molecule has 1 rings (SSSR count). The molecule has 0 radical (unpaired) electrons. The first-order valence-corrected chi connectivity index (χ1v) is 7.34. The van der Waals surface area contributed by atoms with Crippen molar-refractivity contribution >= 4 is 0 Å². The summed E-state index contributed by atoms with van der Waals surface area (Å²) < 4.78 is 0. The van der Waals surface area contributed by atoms with E-state index in [0.29, 0.717) is 39.3 Å². The second kappa shape index (κ2) is 8.85. The molecule has 12 N–H and O–H groups in total. The molecule has 8 heteroatoms. The van der Waals surface area contributed by atoms with Crippen molar-refractivity contribution in [3.63, 3.8) is 0 Å². The standard InChI is InChI=1S/C12H32N8/c13-5-11(15)7-17-1-2-18-8-12(16,6-14)10-20-4-3-19-9-11/h17-20H,1-10,13-16H2. The quantitative estimate of drug-likeness (QED) is 0.254. The molecule has 1 aliphatic heterocycles. The van der Waals surface area contributed by atoms with Crippen molar-refractivity contribution in [3.8, 4) is 0 Å². The smallest absolute Gasteiger partial charge is 0.0531 e. The molecule has 0 unspecified atom stereocenters.